The van der Waals surface area contributed by atoms with Gasteiger partial charge in [-0.2, -0.15) is 0 Å². The fourth-order valence-corrected chi connectivity index (χ4v) is 4.58. The Balaban J connectivity index is 1.55. The Hall–Kier alpha value is -4.64. The molecule has 9 nitrogen and oxygen atoms in total. The van der Waals surface area contributed by atoms with Gasteiger partial charge in [0, 0.05) is 55.6 Å². The lowest BCUT2D eigenvalue weighted by molar-refractivity contribution is -0.132. The van der Waals surface area contributed by atoms with Gasteiger partial charge in [0.25, 0.3) is 0 Å². The quantitative estimate of drug-likeness (QED) is 0.226. The lowest BCUT2D eigenvalue weighted by Gasteiger charge is -2.28. The number of rotatable bonds is 13. The molecule has 1 aromatic heterocycles. The summed E-state index contributed by atoms with van der Waals surface area (Å²) in [5.74, 6) is -1.32. The molecule has 0 spiro atoms. The van der Waals surface area contributed by atoms with Gasteiger partial charge in [-0.15, -0.1) is 0 Å². The molecule has 0 aliphatic rings. The molecule has 0 saturated heterocycles. The number of hydrogen-bond acceptors (Lipinski definition) is 5. The highest BCUT2D eigenvalue weighted by molar-refractivity contribution is 5.92. The van der Waals surface area contributed by atoms with Gasteiger partial charge in [0.15, 0.2) is 23.1 Å². The Bertz CT molecular complexity index is 1530. The monoisotopic (exact) mass is 580 g/mol. The number of fused-ring (bicyclic) bond motifs is 1. The summed E-state index contributed by atoms with van der Waals surface area (Å²) in [6.45, 7) is 0.635. The van der Waals surface area contributed by atoms with E-state index in [1.54, 1.807) is 25.2 Å². The predicted molar refractivity (Wildman–Crippen MR) is 156 cm³/mol. The Kier molecular flexibility index (Phi) is 10.3. The fraction of sp³-hybridized carbons (Fsp3) is 0.290. The topological polar surface area (TPSA) is 96.1 Å². The molecule has 0 radical (unpaired) electrons. The van der Waals surface area contributed by atoms with Crippen LogP contribution in [0.2, 0.25) is 0 Å². The summed E-state index contributed by atoms with van der Waals surface area (Å²) in [4.78, 5) is 33.1. The second kappa shape index (κ2) is 14.3. The molecule has 3 amide bonds. The van der Waals surface area contributed by atoms with E-state index in [0.717, 1.165) is 34.2 Å². The molecule has 3 aromatic carbocycles. The molecular weight excluding hydrogens is 546 g/mol. The van der Waals surface area contributed by atoms with E-state index >= 15 is 0 Å². The number of benzene rings is 3. The van der Waals surface area contributed by atoms with Crippen LogP contribution in [0.1, 0.15) is 11.1 Å². The number of carbonyl (C=O) groups excluding carboxylic acids is 2. The van der Waals surface area contributed by atoms with Crippen molar-refractivity contribution in [2.75, 3.05) is 52.9 Å². The molecule has 1 heterocycles. The highest BCUT2D eigenvalue weighted by atomic mass is 19.2. The van der Waals surface area contributed by atoms with E-state index < -0.39 is 17.7 Å². The van der Waals surface area contributed by atoms with Crippen LogP contribution >= 0.6 is 0 Å². The van der Waals surface area contributed by atoms with E-state index in [1.165, 1.54) is 18.1 Å². The number of aromatic amines is 1. The summed E-state index contributed by atoms with van der Waals surface area (Å²) in [7, 11) is 4.58. The molecule has 0 atom stereocenters. The number of hydrogen-bond donors (Lipinski definition) is 2. The van der Waals surface area contributed by atoms with Crippen molar-refractivity contribution < 1.29 is 32.6 Å². The number of carbonyl (C=O) groups is 2. The largest absolute Gasteiger partial charge is 0.493 e. The van der Waals surface area contributed by atoms with Gasteiger partial charge in [-0.3, -0.25) is 4.79 Å². The molecular formula is C31H34F2N4O5. The Labute approximate surface area is 243 Å². The molecule has 42 heavy (non-hydrogen) atoms. The minimum absolute atomic E-state index is 0.0651. The summed E-state index contributed by atoms with van der Waals surface area (Å²) in [5.41, 5.74) is 2.94. The van der Waals surface area contributed by atoms with Gasteiger partial charge in [0.1, 0.15) is 6.54 Å². The summed E-state index contributed by atoms with van der Waals surface area (Å²) >= 11 is 0. The summed E-state index contributed by atoms with van der Waals surface area (Å²) in [6.07, 6.45) is 2.51. The third-order valence-electron chi connectivity index (χ3n) is 6.85. The highest BCUT2D eigenvalue weighted by Gasteiger charge is 2.23. The number of H-pyrrole nitrogens is 1. The number of halogens is 2. The second-order valence-electron chi connectivity index (χ2n) is 9.59. The molecule has 2 N–H and O–H groups in total. The van der Waals surface area contributed by atoms with Crippen LogP contribution in [0.3, 0.4) is 0 Å². The first-order valence-corrected chi connectivity index (χ1v) is 13.4. The first kappa shape index (κ1) is 30.3. The van der Waals surface area contributed by atoms with E-state index in [-0.39, 0.29) is 37.8 Å². The molecule has 0 unspecified atom stereocenters. The normalized spacial score (nSPS) is 10.9. The van der Waals surface area contributed by atoms with Crippen LogP contribution in [-0.2, 0) is 22.5 Å². The average Bonchev–Trinajstić information content (AvgIpc) is 3.41. The van der Waals surface area contributed by atoms with Crippen molar-refractivity contribution in [3.8, 4) is 11.5 Å². The minimum Gasteiger partial charge on any atom is -0.493 e. The number of para-hydroxylation sites is 1. The number of amides is 3. The van der Waals surface area contributed by atoms with Crippen LogP contribution in [-0.4, -0.2) is 74.3 Å². The molecule has 0 fully saturated rings. The standard InChI is InChI=1S/C31H34F2N4O5/c1-40-15-14-37(31(39)35-23-9-10-25(32)26(33)17-23)20-30(38)36(19-21-8-11-28(41-2)29(16-21)42-3)13-12-22-18-34-27-7-5-4-6-24(22)27/h4-11,16-18,34H,12-15,19-20H2,1-3H3,(H,35,39). The van der Waals surface area contributed by atoms with Gasteiger partial charge in [0.2, 0.25) is 5.91 Å². The van der Waals surface area contributed by atoms with Crippen molar-refractivity contribution in [2.24, 2.45) is 0 Å². The molecule has 0 saturated carbocycles. The van der Waals surface area contributed by atoms with Crippen molar-refractivity contribution in [1.29, 1.82) is 0 Å². The zero-order valence-electron chi connectivity index (χ0n) is 23.8. The van der Waals surface area contributed by atoms with Crippen molar-refractivity contribution in [3.05, 3.63) is 89.6 Å². The lowest BCUT2D eigenvalue weighted by Crippen LogP contribution is -2.46. The van der Waals surface area contributed by atoms with Gasteiger partial charge in [0.05, 0.1) is 20.8 Å². The van der Waals surface area contributed by atoms with Crippen molar-refractivity contribution in [1.82, 2.24) is 14.8 Å². The van der Waals surface area contributed by atoms with Gasteiger partial charge in [-0.05, 0) is 47.9 Å². The number of urea groups is 1. The Morgan fingerprint density at radius 1 is 0.881 bits per heavy atom. The van der Waals surface area contributed by atoms with Gasteiger partial charge in [-0.25, -0.2) is 13.6 Å². The second-order valence-corrected chi connectivity index (χ2v) is 9.59. The zero-order chi connectivity index (χ0) is 30.1. The Morgan fingerprint density at radius 3 is 2.40 bits per heavy atom. The fourth-order valence-electron chi connectivity index (χ4n) is 4.58. The summed E-state index contributed by atoms with van der Waals surface area (Å²) in [6, 6.07) is 15.8. The van der Waals surface area contributed by atoms with E-state index in [2.05, 4.69) is 10.3 Å². The zero-order valence-corrected chi connectivity index (χ0v) is 23.8. The number of ether oxygens (including phenoxy) is 3. The van der Waals surface area contributed by atoms with E-state index in [4.69, 9.17) is 14.2 Å². The molecule has 222 valence electrons. The van der Waals surface area contributed by atoms with Crippen molar-refractivity contribution >= 4 is 28.5 Å². The first-order valence-electron chi connectivity index (χ1n) is 13.4. The molecule has 4 rings (SSSR count). The van der Waals surface area contributed by atoms with Gasteiger partial charge < -0.3 is 34.3 Å². The Morgan fingerprint density at radius 2 is 1.67 bits per heavy atom. The summed E-state index contributed by atoms with van der Waals surface area (Å²) < 4.78 is 43.0. The minimum atomic E-state index is -1.09. The molecule has 0 aliphatic carbocycles. The third-order valence-corrected chi connectivity index (χ3v) is 6.85. The van der Waals surface area contributed by atoms with E-state index in [1.807, 2.05) is 42.6 Å². The highest BCUT2D eigenvalue weighted by Crippen LogP contribution is 2.28. The van der Waals surface area contributed by atoms with Crippen LogP contribution in [0.25, 0.3) is 10.9 Å². The molecule has 4 aromatic rings. The maximum Gasteiger partial charge on any atom is 0.322 e. The van der Waals surface area contributed by atoms with Crippen LogP contribution in [0.4, 0.5) is 19.3 Å². The molecule has 11 heteroatoms. The van der Waals surface area contributed by atoms with Crippen LogP contribution in [0.5, 0.6) is 11.5 Å². The number of nitrogens with zero attached hydrogens (tertiary/aromatic N) is 2. The van der Waals surface area contributed by atoms with Crippen LogP contribution < -0.4 is 14.8 Å². The first-order chi connectivity index (χ1) is 20.3. The maximum absolute atomic E-state index is 13.8. The third kappa shape index (κ3) is 7.55. The maximum atomic E-state index is 13.8. The van der Waals surface area contributed by atoms with Gasteiger partial charge in [-0.1, -0.05) is 24.3 Å². The van der Waals surface area contributed by atoms with Crippen molar-refractivity contribution in [2.45, 2.75) is 13.0 Å². The van der Waals surface area contributed by atoms with Crippen molar-refractivity contribution in [3.63, 3.8) is 0 Å². The number of anilines is 1. The number of nitrogens with one attached hydrogen (secondary N) is 2. The van der Waals surface area contributed by atoms with E-state index in [9.17, 15) is 18.4 Å². The number of aromatic nitrogens is 1. The summed E-state index contributed by atoms with van der Waals surface area (Å²) in [5, 5.41) is 3.61. The SMILES string of the molecule is COCCN(CC(=O)N(CCc1c[nH]c2ccccc12)Cc1ccc(OC)c(OC)c1)C(=O)Nc1ccc(F)c(F)c1. The van der Waals surface area contributed by atoms with Gasteiger partial charge >= 0.3 is 6.03 Å². The average molecular weight is 581 g/mol. The smallest absolute Gasteiger partial charge is 0.322 e. The number of methoxy groups -OCH3 is 3. The predicted octanol–water partition coefficient (Wildman–Crippen LogP) is 5.22. The van der Waals surface area contributed by atoms with Crippen LogP contribution in [0.15, 0.2) is 66.9 Å². The van der Waals surface area contributed by atoms with Crippen LogP contribution in [0, 0.1) is 11.6 Å². The lowest BCUT2D eigenvalue weighted by atomic mass is 10.1. The molecule has 0 bridgehead atoms. The van der Waals surface area contributed by atoms with E-state index in [0.29, 0.717) is 24.5 Å². The molecule has 0 aliphatic heterocycles.